The first-order chi connectivity index (χ1) is 8.61. The fourth-order valence-electron chi connectivity index (χ4n) is 2.41. The summed E-state index contributed by atoms with van der Waals surface area (Å²) in [6, 6.07) is 2.12. The molecule has 2 heterocycles. The van der Waals surface area contributed by atoms with Gasteiger partial charge in [0.2, 0.25) is 0 Å². The standard InChI is InChI=1S/C14H23N3O/c1-3-6-16-12-8-13(10-15-9-12)17-7-4-5-14(2,18)11-17/h8-10,16,18H,3-7,11H2,1-2H3. The minimum Gasteiger partial charge on any atom is -0.388 e. The van der Waals surface area contributed by atoms with Gasteiger partial charge in [-0.2, -0.15) is 0 Å². The van der Waals surface area contributed by atoms with E-state index in [1.807, 2.05) is 19.3 Å². The van der Waals surface area contributed by atoms with Crippen molar-refractivity contribution in [2.24, 2.45) is 0 Å². The molecule has 18 heavy (non-hydrogen) atoms. The van der Waals surface area contributed by atoms with Crippen LogP contribution in [0.1, 0.15) is 33.1 Å². The van der Waals surface area contributed by atoms with E-state index in [0.717, 1.165) is 43.7 Å². The van der Waals surface area contributed by atoms with Gasteiger partial charge in [-0.1, -0.05) is 6.92 Å². The van der Waals surface area contributed by atoms with Gasteiger partial charge < -0.3 is 15.3 Å². The lowest BCUT2D eigenvalue weighted by atomic mass is 9.95. The highest BCUT2D eigenvalue weighted by Gasteiger charge is 2.28. The number of hydrogen-bond acceptors (Lipinski definition) is 4. The van der Waals surface area contributed by atoms with Crippen molar-refractivity contribution in [3.8, 4) is 0 Å². The summed E-state index contributed by atoms with van der Waals surface area (Å²) >= 11 is 0. The molecule has 100 valence electrons. The highest BCUT2D eigenvalue weighted by atomic mass is 16.3. The zero-order valence-corrected chi connectivity index (χ0v) is 11.3. The first-order valence-electron chi connectivity index (χ1n) is 6.77. The Hall–Kier alpha value is -1.29. The molecule has 2 rings (SSSR count). The highest BCUT2D eigenvalue weighted by Crippen LogP contribution is 2.26. The minimum atomic E-state index is -0.578. The summed E-state index contributed by atoms with van der Waals surface area (Å²) in [4.78, 5) is 6.49. The molecular formula is C14H23N3O. The second-order valence-corrected chi connectivity index (χ2v) is 5.38. The number of pyridine rings is 1. The van der Waals surface area contributed by atoms with Crippen LogP contribution in [-0.4, -0.2) is 35.3 Å². The van der Waals surface area contributed by atoms with Crippen LogP contribution in [-0.2, 0) is 0 Å². The molecule has 2 N–H and O–H groups in total. The molecule has 0 saturated carbocycles. The van der Waals surface area contributed by atoms with E-state index in [9.17, 15) is 5.11 Å². The quantitative estimate of drug-likeness (QED) is 0.859. The Morgan fingerprint density at radius 2 is 2.33 bits per heavy atom. The predicted molar refractivity (Wildman–Crippen MR) is 75.1 cm³/mol. The Labute approximate surface area is 109 Å². The van der Waals surface area contributed by atoms with Crippen molar-refractivity contribution in [2.75, 3.05) is 29.9 Å². The summed E-state index contributed by atoms with van der Waals surface area (Å²) in [5.74, 6) is 0. The second-order valence-electron chi connectivity index (χ2n) is 5.38. The summed E-state index contributed by atoms with van der Waals surface area (Å²) in [5.41, 5.74) is 1.57. The molecule has 0 aliphatic carbocycles. The molecule has 1 aromatic rings. The van der Waals surface area contributed by atoms with Gasteiger partial charge in [0.15, 0.2) is 0 Å². The van der Waals surface area contributed by atoms with E-state index in [2.05, 4.69) is 28.2 Å². The number of aliphatic hydroxyl groups is 1. The van der Waals surface area contributed by atoms with Crippen molar-refractivity contribution < 1.29 is 5.11 Å². The SMILES string of the molecule is CCCNc1cncc(N2CCCC(C)(O)C2)c1. The number of piperidine rings is 1. The third-order valence-electron chi connectivity index (χ3n) is 3.34. The number of hydrogen-bond donors (Lipinski definition) is 2. The monoisotopic (exact) mass is 249 g/mol. The molecule has 1 aromatic heterocycles. The first kappa shape index (κ1) is 13.1. The lowest BCUT2D eigenvalue weighted by Crippen LogP contribution is -2.46. The zero-order chi connectivity index (χ0) is 13.0. The Morgan fingerprint density at radius 3 is 3.06 bits per heavy atom. The van der Waals surface area contributed by atoms with E-state index < -0.39 is 5.60 Å². The molecular weight excluding hydrogens is 226 g/mol. The van der Waals surface area contributed by atoms with Gasteiger partial charge in [0, 0.05) is 19.6 Å². The van der Waals surface area contributed by atoms with Gasteiger partial charge >= 0.3 is 0 Å². The Bertz CT molecular complexity index is 392. The fraction of sp³-hybridized carbons (Fsp3) is 0.643. The van der Waals surface area contributed by atoms with Crippen LogP contribution < -0.4 is 10.2 Å². The van der Waals surface area contributed by atoms with Crippen molar-refractivity contribution >= 4 is 11.4 Å². The van der Waals surface area contributed by atoms with E-state index in [1.165, 1.54) is 0 Å². The summed E-state index contributed by atoms with van der Waals surface area (Å²) in [7, 11) is 0. The van der Waals surface area contributed by atoms with Gasteiger partial charge in [0.1, 0.15) is 0 Å². The van der Waals surface area contributed by atoms with Crippen LogP contribution in [0.4, 0.5) is 11.4 Å². The van der Waals surface area contributed by atoms with Gasteiger partial charge in [0.25, 0.3) is 0 Å². The van der Waals surface area contributed by atoms with Gasteiger partial charge in [-0.05, 0) is 32.3 Å². The fourth-order valence-corrected chi connectivity index (χ4v) is 2.41. The maximum Gasteiger partial charge on any atom is 0.0794 e. The van der Waals surface area contributed by atoms with Crippen molar-refractivity contribution in [3.63, 3.8) is 0 Å². The van der Waals surface area contributed by atoms with Crippen molar-refractivity contribution in [1.29, 1.82) is 0 Å². The molecule has 1 saturated heterocycles. The van der Waals surface area contributed by atoms with E-state index in [4.69, 9.17) is 0 Å². The van der Waals surface area contributed by atoms with Crippen LogP contribution in [0.3, 0.4) is 0 Å². The zero-order valence-electron chi connectivity index (χ0n) is 11.3. The first-order valence-corrected chi connectivity index (χ1v) is 6.77. The molecule has 0 spiro atoms. The van der Waals surface area contributed by atoms with Gasteiger partial charge in [-0.15, -0.1) is 0 Å². The molecule has 1 aliphatic rings. The van der Waals surface area contributed by atoms with Gasteiger partial charge in [-0.3, -0.25) is 4.98 Å². The molecule has 1 unspecified atom stereocenters. The van der Waals surface area contributed by atoms with Crippen LogP contribution in [0.5, 0.6) is 0 Å². The van der Waals surface area contributed by atoms with E-state index in [-0.39, 0.29) is 0 Å². The Kier molecular flexibility index (Phi) is 4.07. The highest BCUT2D eigenvalue weighted by molar-refractivity contribution is 5.56. The van der Waals surface area contributed by atoms with Crippen LogP contribution >= 0.6 is 0 Å². The Balaban J connectivity index is 2.07. The van der Waals surface area contributed by atoms with Crippen molar-refractivity contribution in [1.82, 2.24) is 4.98 Å². The lowest BCUT2D eigenvalue weighted by Gasteiger charge is -2.38. The Morgan fingerprint density at radius 1 is 1.50 bits per heavy atom. The molecule has 1 fully saturated rings. The summed E-state index contributed by atoms with van der Waals surface area (Å²) in [6.07, 6.45) is 6.73. The molecule has 1 atom stereocenters. The maximum atomic E-state index is 10.1. The summed E-state index contributed by atoms with van der Waals surface area (Å²) in [6.45, 7) is 6.70. The van der Waals surface area contributed by atoms with Gasteiger partial charge in [-0.25, -0.2) is 0 Å². The van der Waals surface area contributed by atoms with Crippen LogP contribution in [0.15, 0.2) is 18.5 Å². The molecule has 4 heteroatoms. The number of β-amino-alcohol motifs (C(OH)–C–C–N with tert-alkyl or cyclic N) is 1. The molecule has 0 bridgehead atoms. The van der Waals surface area contributed by atoms with E-state index >= 15 is 0 Å². The average Bonchev–Trinajstić information content (AvgIpc) is 2.35. The number of rotatable bonds is 4. The normalized spacial score (nSPS) is 24.1. The molecule has 4 nitrogen and oxygen atoms in total. The van der Waals surface area contributed by atoms with Crippen LogP contribution in [0.25, 0.3) is 0 Å². The largest absolute Gasteiger partial charge is 0.388 e. The molecule has 0 amide bonds. The number of aromatic nitrogens is 1. The molecule has 0 aromatic carbocycles. The summed E-state index contributed by atoms with van der Waals surface area (Å²) < 4.78 is 0. The van der Waals surface area contributed by atoms with Gasteiger partial charge in [0.05, 0.1) is 29.4 Å². The van der Waals surface area contributed by atoms with E-state index in [0.29, 0.717) is 6.54 Å². The minimum absolute atomic E-state index is 0.578. The summed E-state index contributed by atoms with van der Waals surface area (Å²) in [5, 5.41) is 13.5. The van der Waals surface area contributed by atoms with E-state index in [1.54, 1.807) is 0 Å². The number of nitrogens with zero attached hydrogens (tertiary/aromatic N) is 2. The van der Waals surface area contributed by atoms with Crippen LogP contribution in [0.2, 0.25) is 0 Å². The lowest BCUT2D eigenvalue weighted by molar-refractivity contribution is 0.0449. The smallest absolute Gasteiger partial charge is 0.0794 e. The number of anilines is 2. The number of nitrogens with one attached hydrogen (secondary N) is 1. The average molecular weight is 249 g/mol. The third-order valence-corrected chi connectivity index (χ3v) is 3.34. The third kappa shape index (κ3) is 3.35. The predicted octanol–water partition coefficient (Wildman–Crippen LogP) is 2.25. The van der Waals surface area contributed by atoms with Crippen molar-refractivity contribution in [3.05, 3.63) is 18.5 Å². The molecule has 1 aliphatic heterocycles. The maximum absolute atomic E-state index is 10.1. The topological polar surface area (TPSA) is 48.4 Å². The second kappa shape index (κ2) is 5.57. The van der Waals surface area contributed by atoms with Crippen LogP contribution in [0, 0.1) is 0 Å². The molecule has 0 radical (unpaired) electrons. The van der Waals surface area contributed by atoms with Crippen molar-refractivity contribution in [2.45, 2.75) is 38.7 Å².